The number of hydrogen-bond donors (Lipinski definition) is 1. The molecule has 1 rings (SSSR count). The molecule has 0 saturated carbocycles. The molecule has 0 aliphatic carbocycles. The van der Waals surface area contributed by atoms with Crippen LogP contribution >= 0.6 is 39.1 Å². The molecule has 0 saturated heterocycles. The van der Waals surface area contributed by atoms with Gasteiger partial charge < -0.3 is 10.1 Å². The molecule has 1 aromatic rings. The van der Waals surface area contributed by atoms with E-state index in [0.717, 1.165) is 15.9 Å². The molecule has 0 aliphatic rings. The minimum atomic E-state index is 0.496. The number of ether oxygens (including phenoxy) is 1. The summed E-state index contributed by atoms with van der Waals surface area (Å²) < 4.78 is 6.07. The Labute approximate surface area is 107 Å². The number of nitrogens with one attached hydrogen (secondary N) is 1. The summed E-state index contributed by atoms with van der Waals surface area (Å²) in [7, 11) is 1.62. The zero-order chi connectivity index (χ0) is 11.3. The SMILES string of the molecule is COc1cc(NC/C(Cl)=C/Cl)ccc1Br. The topological polar surface area (TPSA) is 21.3 Å². The molecule has 0 spiro atoms. The van der Waals surface area contributed by atoms with Crippen LogP contribution in [0.1, 0.15) is 0 Å². The second kappa shape index (κ2) is 6.26. The number of methoxy groups -OCH3 is 1. The summed E-state index contributed by atoms with van der Waals surface area (Å²) in [5.41, 5.74) is 2.26. The Morgan fingerprint density at radius 3 is 2.93 bits per heavy atom. The van der Waals surface area contributed by atoms with Gasteiger partial charge in [0.1, 0.15) is 5.75 Å². The van der Waals surface area contributed by atoms with Gasteiger partial charge in [0.15, 0.2) is 0 Å². The van der Waals surface area contributed by atoms with Gasteiger partial charge in [-0.25, -0.2) is 0 Å². The van der Waals surface area contributed by atoms with E-state index in [1.807, 2.05) is 18.2 Å². The fourth-order valence-corrected chi connectivity index (χ4v) is 1.55. The number of hydrogen-bond acceptors (Lipinski definition) is 2. The van der Waals surface area contributed by atoms with Crippen molar-refractivity contribution in [1.29, 1.82) is 0 Å². The van der Waals surface area contributed by atoms with Gasteiger partial charge in [-0.3, -0.25) is 0 Å². The van der Waals surface area contributed by atoms with Crippen LogP contribution in [0.15, 0.2) is 33.2 Å². The Balaban J connectivity index is 2.70. The van der Waals surface area contributed by atoms with E-state index in [1.165, 1.54) is 5.54 Å². The average Bonchev–Trinajstić information content (AvgIpc) is 2.27. The quantitative estimate of drug-likeness (QED) is 0.900. The van der Waals surface area contributed by atoms with Crippen LogP contribution in [0.2, 0.25) is 0 Å². The third-order valence-electron chi connectivity index (χ3n) is 1.73. The molecule has 15 heavy (non-hydrogen) atoms. The Morgan fingerprint density at radius 1 is 1.60 bits per heavy atom. The Bertz CT molecular complexity index is 368. The van der Waals surface area contributed by atoms with Crippen molar-refractivity contribution in [3.05, 3.63) is 33.2 Å². The van der Waals surface area contributed by atoms with Crippen LogP contribution in [0.4, 0.5) is 5.69 Å². The van der Waals surface area contributed by atoms with Gasteiger partial charge in [0.25, 0.3) is 0 Å². The molecule has 0 heterocycles. The third kappa shape index (κ3) is 3.93. The molecule has 0 unspecified atom stereocenters. The van der Waals surface area contributed by atoms with Crippen molar-refractivity contribution in [2.24, 2.45) is 0 Å². The predicted molar refractivity (Wildman–Crippen MR) is 69.0 cm³/mol. The first-order valence-electron chi connectivity index (χ1n) is 4.19. The van der Waals surface area contributed by atoms with E-state index < -0.39 is 0 Å². The summed E-state index contributed by atoms with van der Waals surface area (Å²) >= 11 is 14.6. The molecular weight excluding hydrogens is 301 g/mol. The summed E-state index contributed by atoms with van der Waals surface area (Å²) in [6.07, 6.45) is 0. The Kier molecular flexibility index (Phi) is 5.29. The molecule has 1 aromatic carbocycles. The van der Waals surface area contributed by atoms with Gasteiger partial charge in [0.05, 0.1) is 18.1 Å². The second-order valence-corrected chi connectivity index (χ2v) is 4.32. The van der Waals surface area contributed by atoms with Crippen LogP contribution in [-0.2, 0) is 0 Å². The van der Waals surface area contributed by atoms with E-state index in [0.29, 0.717) is 11.6 Å². The summed E-state index contributed by atoms with van der Waals surface area (Å²) in [5, 5.41) is 3.67. The van der Waals surface area contributed by atoms with Gasteiger partial charge >= 0.3 is 0 Å². The highest BCUT2D eigenvalue weighted by Gasteiger charge is 2.01. The predicted octanol–water partition coefficient (Wildman–Crippen LogP) is 4.19. The highest BCUT2D eigenvalue weighted by atomic mass is 79.9. The van der Waals surface area contributed by atoms with Crippen molar-refractivity contribution >= 4 is 44.8 Å². The number of benzene rings is 1. The molecule has 0 aliphatic heterocycles. The largest absolute Gasteiger partial charge is 0.495 e. The minimum absolute atomic E-state index is 0.496. The smallest absolute Gasteiger partial charge is 0.135 e. The molecule has 0 amide bonds. The molecule has 0 atom stereocenters. The summed E-state index contributed by atoms with van der Waals surface area (Å²) in [6, 6.07) is 5.70. The van der Waals surface area contributed by atoms with E-state index in [4.69, 9.17) is 27.9 Å². The van der Waals surface area contributed by atoms with Crippen molar-refractivity contribution in [2.45, 2.75) is 0 Å². The zero-order valence-corrected chi connectivity index (χ0v) is 11.2. The number of rotatable bonds is 4. The van der Waals surface area contributed by atoms with Crippen LogP contribution < -0.4 is 10.1 Å². The first-order chi connectivity index (χ1) is 7.17. The van der Waals surface area contributed by atoms with Gasteiger partial charge in [0, 0.05) is 22.3 Å². The highest BCUT2D eigenvalue weighted by molar-refractivity contribution is 9.10. The van der Waals surface area contributed by atoms with E-state index in [2.05, 4.69) is 21.2 Å². The lowest BCUT2D eigenvalue weighted by Gasteiger charge is -2.08. The van der Waals surface area contributed by atoms with E-state index >= 15 is 0 Å². The van der Waals surface area contributed by atoms with Crippen LogP contribution in [0.5, 0.6) is 5.75 Å². The van der Waals surface area contributed by atoms with Gasteiger partial charge in [-0.05, 0) is 28.1 Å². The molecule has 82 valence electrons. The van der Waals surface area contributed by atoms with Crippen LogP contribution in [0.25, 0.3) is 0 Å². The summed E-state index contributed by atoms with van der Waals surface area (Å²) in [5.74, 6) is 0.769. The summed E-state index contributed by atoms with van der Waals surface area (Å²) in [4.78, 5) is 0. The van der Waals surface area contributed by atoms with E-state index in [-0.39, 0.29) is 0 Å². The molecular formula is C10H10BrCl2NO. The van der Waals surface area contributed by atoms with Crippen molar-refractivity contribution in [3.8, 4) is 5.75 Å². The summed E-state index contributed by atoms with van der Waals surface area (Å²) in [6.45, 7) is 0.496. The molecule has 0 aromatic heterocycles. The van der Waals surface area contributed by atoms with Gasteiger partial charge in [-0.2, -0.15) is 0 Å². The van der Waals surface area contributed by atoms with Gasteiger partial charge in [0.2, 0.25) is 0 Å². The second-order valence-electron chi connectivity index (χ2n) is 2.76. The van der Waals surface area contributed by atoms with Crippen molar-refractivity contribution < 1.29 is 4.74 Å². The lowest BCUT2D eigenvalue weighted by molar-refractivity contribution is 0.412. The standard InChI is InChI=1S/C10H10BrCl2NO/c1-15-10-4-8(2-3-9(10)11)14-6-7(13)5-12/h2-5,14H,6H2,1H3/b7-5-. The Hall–Kier alpha value is -0.380. The van der Waals surface area contributed by atoms with Gasteiger partial charge in [-0.15, -0.1) is 0 Å². The lowest BCUT2D eigenvalue weighted by Crippen LogP contribution is -2.01. The number of halogens is 3. The molecule has 0 radical (unpaired) electrons. The first-order valence-corrected chi connectivity index (χ1v) is 5.80. The van der Waals surface area contributed by atoms with Crippen molar-refractivity contribution in [3.63, 3.8) is 0 Å². The van der Waals surface area contributed by atoms with E-state index in [9.17, 15) is 0 Å². The van der Waals surface area contributed by atoms with Gasteiger partial charge in [-0.1, -0.05) is 23.2 Å². The van der Waals surface area contributed by atoms with Crippen LogP contribution in [0.3, 0.4) is 0 Å². The first kappa shape index (κ1) is 12.7. The molecule has 2 nitrogen and oxygen atoms in total. The fraction of sp³-hybridized carbons (Fsp3) is 0.200. The molecule has 0 fully saturated rings. The van der Waals surface area contributed by atoms with E-state index in [1.54, 1.807) is 7.11 Å². The third-order valence-corrected chi connectivity index (χ3v) is 3.00. The van der Waals surface area contributed by atoms with Crippen molar-refractivity contribution in [1.82, 2.24) is 0 Å². The monoisotopic (exact) mass is 309 g/mol. The normalized spacial score (nSPS) is 11.3. The number of anilines is 1. The maximum Gasteiger partial charge on any atom is 0.135 e. The fourth-order valence-electron chi connectivity index (χ4n) is 0.995. The maximum absolute atomic E-state index is 5.75. The average molecular weight is 311 g/mol. The molecule has 0 bridgehead atoms. The van der Waals surface area contributed by atoms with Crippen LogP contribution in [0, 0.1) is 0 Å². The zero-order valence-electron chi connectivity index (χ0n) is 8.06. The van der Waals surface area contributed by atoms with Crippen LogP contribution in [-0.4, -0.2) is 13.7 Å². The van der Waals surface area contributed by atoms with Crippen molar-refractivity contribution in [2.75, 3.05) is 19.0 Å². The highest BCUT2D eigenvalue weighted by Crippen LogP contribution is 2.27. The lowest BCUT2D eigenvalue weighted by atomic mass is 10.3. The Morgan fingerprint density at radius 2 is 2.33 bits per heavy atom. The maximum atomic E-state index is 5.75. The molecule has 5 heteroatoms. The minimum Gasteiger partial charge on any atom is -0.495 e. The molecule has 1 N–H and O–H groups in total.